The Hall–Kier alpha value is -4.65. The van der Waals surface area contributed by atoms with Gasteiger partial charge in [0, 0.05) is 24.6 Å². The quantitative estimate of drug-likeness (QED) is 0.414. The summed E-state index contributed by atoms with van der Waals surface area (Å²) in [7, 11) is 0. The molecule has 3 heterocycles. The van der Waals surface area contributed by atoms with E-state index in [1.54, 1.807) is 15.9 Å². The summed E-state index contributed by atoms with van der Waals surface area (Å²) in [4.78, 5) is 23.8. The third-order valence-electron chi connectivity index (χ3n) is 5.84. The minimum absolute atomic E-state index is 0.212. The summed E-state index contributed by atoms with van der Waals surface area (Å²) in [5, 5.41) is 15.5. The normalized spacial score (nSPS) is 13.6. The lowest BCUT2D eigenvalue weighted by Crippen LogP contribution is -2.53. The molecule has 5 rings (SSSR count). The second kappa shape index (κ2) is 9.78. The first kappa shape index (κ1) is 24.1. The summed E-state index contributed by atoms with van der Waals surface area (Å²) in [6.45, 7) is 7.23. The molecule has 10 heteroatoms. The highest BCUT2D eigenvalue weighted by Crippen LogP contribution is 2.35. The number of aromatic nitrogens is 4. The van der Waals surface area contributed by atoms with Crippen molar-refractivity contribution in [2.45, 2.75) is 26.4 Å². The van der Waals surface area contributed by atoms with Crippen molar-refractivity contribution >= 4 is 22.7 Å². The molecular formula is C27H27N7O3. The van der Waals surface area contributed by atoms with Gasteiger partial charge in [0.1, 0.15) is 17.4 Å². The Kier molecular flexibility index (Phi) is 6.36. The maximum absolute atomic E-state index is 12.3. The van der Waals surface area contributed by atoms with Gasteiger partial charge in [0.25, 0.3) is 0 Å². The van der Waals surface area contributed by atoms with Crippen molar-refractivity contribution in [2.75, 3.05) is 25.1 Å². The van der Waals surface area contributed by atoms with E-state index in [1.807, 2.05) is 63.2 Å². The van der Waals surface area contributed by atoms with Crippen molar-refractivity contribution in [3.8, 4) is 23.1 Å². The molecule has 1 aliphatic heterocycles. The molecule has 0 bridgehead atoms. The highest BCUT2D eigenvalue weighted by Gasteiger charge is 2.34. The van der Waals surface area contributed by atoms with Crippen molar-refractivity contribution < 1.29 is 14.3 Å². The number of nitriles is 1. The van der Waals surface area contributed by atoms with E-state index < -0.39 is 5.60 Å². The summed E-state index contributed by atoms with van der Waals surface area (Å²) in [5.74, 6) is 1.37. The van der Waals surface area contributed by atoms with Gasteiger partial charge in [0.05, 0.1) is 30.9 Å². The number of rotatable bonds is 6. The Morgan fingerprint density at radius 2 is 1.89 bits per heavy atom. The van der Waals surface area contributed by atoms with Gasteiger partial charge < -0.3 is 14.4 Å². The van der Waals surface area contributed by atoms with E-state index in [0.717, 1.165) is 22.0 Å². The number of benzene rings is 2. The lowest BCUT2D eigenvalue weighted by atomic mass is 10.0. The van der Waals surface area contributed by atoms with Crippen LogP contribution < -0.4 is 10.2 Å². The van der Waals surface area contributed by atoms with Gasteiger partial charge in [0.2, 0.25) is 0 Å². The largest absolute Gasteiger partial charge is 0.492 e. The average Bonchev–Trinajstić information content (AvgIpc) is 3.29. The number of carbonyl (C=O) groups is 1. The number of hydrogen-bond acceptors (Lipinski definition) is 8. The molecule has 0 atom stereocenters. The Balaban J connectivity index is 1.35. The van der Waals surface area contributed by atoms with Gasteiger partial charge in [-0.15, -0.1) is 0 Å². The number of fused-ring (bicyclic) bond motifs is 1. The molecule has 0 spiro atoms. The van der Waals surface area contributed by atoms with E-state index in [9.17, 15) is 4.79 Å². The molecule has 2 aromatic carbocycles. The van der Waals surface area contributed by atoms with Gasteiger partial charge in [-0.2, -0.15) is 15.2 Å². The first-order valence-electron chi connectivity index (χ1n) is 12.0. The maximum Gasteiger partial charge on any atom is 0.410 e. The summed E-state index contributed by atoms with van der Waals surface area (Å²) in [6, 6.07) is 16.0. The lowest BCUT2D eigenvalue weighted by molar-refractivity contribution is -0.00777. The van der Waals surface area contributed by atoms with Crippen LogP contribution in [0.1, 0.15) is 26.5 Å². The highest BCUT2D eigenvalue weighted by molar-refractivity contribution is 5.90. The summed E-state index contributed by atoms with van der Waals surface area (Å²) < 4.78 is 11.8. The van der Waals surface area contributed by atoms with E-state index in [-0.39, 0.29) is 17.7 Å². The van der Waals surface area contributed by atoms with Gasteiger partial charge in [-0.1, -0.05) is 24.3 Å². The molecule has 10 nitrogen and oxygen atoms in total. The van der Waals surface area contributed by atoms with Crippen LogP contribution in [0.15, 0.2) is 61.1 Å². The third kappa shape index (κ3) is 5.46. The van der Waals surface area contributed by atoms with Crippen molar-refractivity contribution in [1.82, 2.24) is 24.8 Å². The fourth-order valence-electron chi connectivity index (χ4n) is 4.05. The first-order chi connectivity index (χ1) is 17.8. The fraction of sp³-hybridized carbons (Fsp3) is 0.296. The standard InChI is InChI=1S/C27H27N7O3/c1-27(2,3)37-26(35)33-15-18(16-33)17-36-24-11-20-7-5-4-6-19(20)10-22(24)23-8-9-31-34(23)32-25-14-29-21(12-28)13-30-25/h4-11,13-14,18H,15-17H2,1-3H3,(H,30,32). The number of carbonyl (C=O) groups excluding carboxylic acids is 1. The SMILES string of the molecule is CC(C)(C)OC(=O)N1CC(COc2cc3ccccc3cc2-c2ccnn2Nc2cnc(C#N)cn2)C1. The fourth-order valence-corrected chi connectivity index (χ4v) is 4.05. The van der Waals surface area contributed by atoms with Crippen LogP contribution in [-0.2, 0) is 4.74 Å². The van der Waals surface area contributed by atoms with E-state index in [0.29, 0.717) is 31.3 Å². The molecule has 1 aliphatic rings. The number of anilines is 1. The van der Waals surface area contributed by atoms with Gasteiger partial charge in [-0.05, 0) is 49.7 Å². The Morgan fingerprint density at radius 3 is 2.57 bits per heavy atom. The van der Waals surface area contributed by atoms with Crippen LogP contribution in [0.4, 0.5) is 10.6 Å². The summed E-state index contributed by atoms with van der Waals surface area (Å²) in [5.41, 5.74) is 4.46. The molecule has 4 aromatic rings. The van der Waals surface area contributed by atoms with Crippen LogP contribution in [0, 0.1) is 17.2 Å². The number of nitrogens with zero attached hydrogens (tertiary/aromatic N) is 6. The van der Waals surface area contributed by atoms with E-state index >= 15 is 0 Å². The van der Waals surface area contributed by atoms with Crippen LogP contribution in [-0.4, -0.2) is 56.1 Å². The molecule has 188 valence electrons. The third-order valence-corrected chi connectivity index (χ3v) is 5.84. The van der Waals surface area contributed by atoms with Crippen LogP contribution in [0.25, 0.3) is 22.0 Å². The minimum Gasteiger partial charge on any atom is -0.492 e. The number of likely N-dealkylation sites (tertiary alicyclic amines) is 1. The highest BCUT2D eigenvalue weighted by atomic mass is 16.6. The molecule has 0 saturated carbocycles. The van der Waals surface area contributed by atoms with E-state index in [1.165, 1.54) is 12.4 Å². The zero-order valence-corrected chi connectivity index (χ0v) is 20.9. The number of nitrogens with one attached hydrogen (secondary N) is 1. The number of ether oxygens (including phenoxy) is 2. The Morgan fingerprint density at radius 1 is 1.14 bits per heavy atom. The van der Waals surface area contributed by atoms with E-state index in [4.69, 9.17) is 14.7 Å². The first-order valence-corrected chi connectivity index (χ1v) is 12.0. The molecule has 1 N–H and O–H groups in total. The molecular weight excluding hydrogens is 470 g/mol. The summed E-state index contributed by atoms with van der Waals surface area (Å²) >= 11 is 0. The molecule has 0 aliphatic carbocycles. The lowest BCUT2D eigenvalue weighted by Gasteiger charge is -2.39. The molecule has 2 aromatic heterocycles. The molecule has 1 saturated heterocycles. The van der Waals surface area contributed by atoms with Gasteiger partial charge in [0.15, 0.2) is 11.5 Å². The summed E-state index contributed by atoms with van der Waals surface area (Å²) in [6.07, 6.45) is 4.27. The second-order valence-electron chi connectivity index (χ2n) is 9.90. The Bertz CT molecular complexity index is 1460. The zero-order valence-electron chi connectivity index (χ0n) is 20.9. The minimum atomic E-state index is -0.515. The molecule has 37 heavy (non-hydrogen) atoms. The smallest absolute Gasteiger partial charge is 0.410 e. The topological polar surface area (TPSA) is 118 Å². The zero-order chi connectivity index (χ0) is 26.0. The molecule has 0 unspecified atom stereocenters. The molecule has 0 radical (unpaired) electrons. The predicted molar refractivity (Wildman–Crippen MR) is 138 cm³/mol. The molecule has 1 fully saturated rings. The van der Waals surface area contributed by atoms with Crippen LogP contribution >= 0.6 is 0 Å². The number of hydrogen-bond donors (Lipinski definition) is 1. The van der Waals surface area contributed by atoms with Crippen LogP contribution in [0.5, 0.6) is 5.75 Å². The Labute approximate surface area is 214 Å². The van der Waals surface area contributed by atoms with Crippen molar-refractivity contribution in [1.29, 1.82) is 5.26 Å². The molecule has 1 amide bonds. The average molecular weight is 498 g/mol. The maximum atomic E-state index is 12.3. The van der Waals surface area contributed by atoms with Gasteiger partial charge >= 0.3 is 6.09 Å². The van der Waals surface area contributed by atoms with Crippen molar-refractivity contribution in [3.63, 3.8) is 0 Å². The van der Waals surface area contributed by atoms with Crippen molar-refractivity contribution in [3.05, 3.63) is 66.7 Å². The predicted octanol–water partition coefficient (Wildman–Crippen LogP) is 4.49. The van der Waals surface area contributed by atoms with Crippen LogP contribution in [0.2, 0.25) is 0 Å². The monoisotopic (exact) mass is 497 g/mol. The number of amides is 1. The van der Waals surface area contributed by atoms with Gasteiger partial charge in [-0.3, -0.25) is 5.43 Å². The van der Waals surface area contributed by atoms with Crippen LogP contribution in [0.3, 0.4) is 0 Å². The van der Waals surface area contributed by atoms with Gasteiger partial charge in [-0.25, -0.2) is 14.8 Å². The van der Waals surface area contributed by atoms with E-state index in [2.05, 4.69) is 26.6 Å². The second-order valence-corrected chi connectivity index (χ2v) is 9.90. The van der Waals surface area contributed by atoms with Crippen molar-refractivity contribution in [2.24, 2.45) is 5.92 Å².